The zero-order valence-corrected chi connectivity index (χ0v) is 23.9. The van der Waals surface area contributed by atoms with E-state index in [9.17, 15) is 39.9 Å². The van der Waals surface area contributed by atoms with E-state index in [2.05, 4.69) is 5.32 Å². The smallest absolute Gasteiger partial charge is 0.335 e. The standard InChI is InChI=1S/C25H43NO16/c1-35-8-5-9-38-10-11-39-15(29)7-4-6-14(28)26-16-20(17(30)13(12-27)40-24(16)37-3)41-25-19(32)18(31)21(36-2)22(42-25)23(33)34/h13,16-22,24-25,27,30-32H,4-12H2,1-3H3,(H,26,28)(H,33,34)/t13?,16?,17-,18+,19?,20-,21+,22?,24-,25-/m1/s1. The van der Waals surface area contributed by atoms with Gasteiger partial charge in [-0.3, -0.25) is 9.59 Å². The number of aliphatic hydroxyl groups is 4. The molecule has 0 aliphatic carbocycles. The van der Waals surface area contributed by atoms with Crippen molar-refractivity contribution in [3.8, 4) is 0 Å². The van der Waals surface area contributed by atoms with E-state index < -0.39 is 85.8 Å². The highest BCUT2D eigenvalue weighted by molar-refractivity contribution is 5.77. The highest BCUT2D eigenvalue weighted by atomic mass is 16.7. The summed E-state index contributed by atoms with van der Waals surface area (Å²) in [5, 5.41) is 53.6. The van der Waals surface area contributed by atoms with Crippen LogP contribution in [-0.4, -0.2) is 159 Å². The van der Waals surface area contributed by atoms with Crippen LogP contribution in [0.1, 0.15) is 25.7 Å². The van der Waals surface area contributed by atoms with E-state index in [0.29, 0.717) is 19.6 Å². The van der Waals surface area contributed by atoms with Gasteiger partial charge >= 0.3 is 11.9 Å². The maximum Gasteiger partial charge on any atom is 0.335 e. The number of esters is 1. The van der Waals surface area contributed by atoms with Crippen molar-refractivity contribution < 1.29 is 77.8 Å². The van der Waals surface area contributed by atoms with Crippen LogP contribution in [0.2, 0.25) is 0 Å². The highest BCUT2D eigenvalue weighted by Crippen LogP contribution is 2.30. The van der Waals surface area contributed by atoms with E-state index >= 15 is 0 Å². The number of carbonyl (C=O) groups excluding carboxylic acids is 2. The van der Waals surface area contributed by atoms with Crippen molar-refractivity contribution >= 4 is 17.8 Å². The van der Waals surface area contributed by atoms with E-state index in [1.165, 1.54) is 7.11 Å². The van der Waals surface area contributed by atoms with Gasteiger partial charge in [0.1, 0.15) is 49.3 Å². The summed E-state index contributed by atoms with van der Waals surface area (Å²) in [4.78, 5) is 36.4. The molecule has 0 saturated carbocycles. The number of hydrogen-bond donors (Lipinski definition) is 6. The molecule has 17 nitrogen and oxygen atoms in total. The fraction of sp³-hybridized carbons (Fsp3) is 0.880. The van der Waals surface area contributed by atoms with Crippen LogP contribution >= 0.6 is 0 Å². The zero-order chi connectivity index (χ0) is 31.2. The van der Waals surface area contributed by atoms with Crippen LogP contribution in [0.5, 0.6) is 0 Å². The minimum atomic E-state index is -1.81. The number of hydrogen-bond acceptors (Lipinski definition) is 15. The summed E-state index contributed by atoms with van der Waals surface area (Å²) in [6.07, 6.45) is -13.5. The molecule has 0 bridgehead atoms. The number of carbonyl (C=O) groups is 3. The highest BCUT2D eigenvalue weighted by Gasteiger charge is 2.53. The number of carboxylic acids is 1. The second kappa shape index (κ2) is 18.6. The molecule has 0 aromatic carbocycles. The summed E-state index contributed by atoms with van der Waals surface area (Å²) >= 11 is 0. The third-order valence-corrected chi connectivity index (χ3v) is 6.68. The predicted molar refractivity (Wildman–Crippen MR) is 137 cm³/mol. The molecular formula is C25H43NO16. The number of carboxylic acid groups (broad SMARTS) is 1. The third kappa shape index (κ3) is 10.3. The van der Waals surface area contributed by atoms with Gasteiger partial charge in [0, 0.05) is 47.4 Å². The molecule has 0 radical (unpaired) electrons. The van der Waals surface area contributed by atoms with Gasteiger partial charge in [-0.05, 0) is 12.8 Å². The first kappa shape index (κ1) is 36.2. The van der Waals surface area contributed by atoms with Crippen LogP contribution in [0.4, 0.5) is 0 Å². The van der Waals surface area contributed by atoms with Crippen LogP contribution in [-0.2, 0) is 52.3 Å². The lowest BCUT2D eigenvalue weighted by atomic mass is 9.95. The summed E-state index contributed by atoms with van der Waals surface area (Å²) in [5.74, 6) is -2.61. The van der Waals surface area contributed by atoms with Gasteiger partial charge in [-0.2, -0.15) is 0 Å². The average Bonchev–Trinajstić information content (AvgIpc) is 2.96. The monoisotopic (exact) mass is 613 g/mol. The molecule has 2 rings (SSSR count). The first-order valence-electron chi connectivity index (χ1n) is 13.5. The zero-order valence-electron chi connectivity index (χ0n) is 23.9. The van der Waals surface area contributed by atoms with Crippen molar-refractivity contribution in [2.75, 3.05) is 54.4 Å². The summed E-state index contributed by atoms with van der Waals surface area (Å²) in [6.45, 7) is 0.644. The number of ether oxygens (including phenoxy) is 8. The molecule has 0 aromatic rings. The minimum Gasteiger partial charge on any atom is -0.479 e. The van der Waals surface area contributed by atoms with E-state index in [0.717, 1.165) is 7.11 Å². The molecule has 2 fully saturated rings. The van der Waals surface area contributed by atoms with Gasteiger partial charge in [-0.15, -0.1) is 0 Å². The Morgan fingerprint density at radius 1 is 0.810 bits per heavy atom. The molecular weight excluding hydrogens is 570 g/mol. The van der Waals surface area contributed by atoms with Crippen molar-refractivity contribution in [1.29, 1.82) is 0 Å². The molecule has 2 saturated heterocycles. The Morgan fingerprint density at radius 2 is 1.55 bits per heavy atom. The van der Waals surface area contributed by atoms with Gasteiger partial charge < -0.3 is 68.7 Å². The van der Waals surface area contributed by atoms with Gasteiger partial charge in [0.2, 0.25) is 5.91 Å². The van der Waals surface area contributed by atoms with E-state index in [1.807, 2.05) is 0 Å². The molecule has 10 atom stereocenters. The molecule has 0 spiro atoms. The summed E-state index contributed by atoms with van der Waals surface area (Å²) in [5.41, 5.74) is 0. The lowest BCUT2D eigenvalue weighted by molar-refractivity contribution is -0.340. The van der Waals surface area contributed by atoms with Crippen molar-refractivity contribution in [1.82, 2.24) is 5.32 Å². The fourth-order valence-corrected chi connectivity index (χ4v) is 4.50. The topological polar surface area (TPSA) is 238 Å². The van der Waals surface area contributed by atoms with E-state index in [-0.39, 0.29) is 32.5 Å². The van der Waals surface area contributed by atoms with Gasteiger partial charge in [-0.25, -0.2) is 4.79 Å². The number of nitrogens with one attached hydrogen (secondary N) is 1. The third-order valence-electron chi connectivity index (χ3n) is 6.68. The molecule has 1 amide bonds. The molecule has 2 aliphatic rings. The number of aliphatic hydroxyl groups excluding tert-OH is 4. The Labute approximate surface area is 242 Å². The number of methoxy groups -OCH3 is 3. The van der Waals surface area contributed by atoms with Crippen LogP contribution < -0.4 is 5.32 Å². The Morgan fingerprint density at radius 3 is 2.17 bits per heavy atom. The number of aliphatic carboxylic acids is 1. The maximum absolute atomic E-state index is 12.8. The van der Waals surface area contributed by atoms with Crippen LogP contribution in [0.25, 0.3) is 0 Å². The summed E-state index contributed by atoms with van der Waals surface area (Å²) < 4.78 is 42.1. The first-order chi connectivity index (χ1) is 20.1. The second-order valence-corrected chi connectivity index (χ2v) is 9.62. The largest absolute Gasteiger partial charge is 0.479 e. The van der Waals surface area contributed by atoms with Crippen molar-refractivity contribution in [3.05, 3.63) is 0 Å². The molecule has 6 N–H and O–H groups in total. The molecule has 244 valence electrons. The molecule has 42 heavy (non-hydrogen) atoms. The van der Waals surface area contributed by atoms with Crippen LogP contribution in [0.3, 0.4) is 0 Å². The molecule has 17 heteroatoms. The van der Waals surface area contributed by atoms with E-state index in [4.69, 9.17) is 37.9 Å². The lowest BCUT2D eigenvalue weighted by Gasteiger charge is -2.47. The fourth-order valence-electron chi connectivity index (χ4n) is 4.50. The van der Waals surface area contributed by atoms with Crippen molar-refractivity contribution in [2.45, 2.75) is 87.0 Å². The van der Waals surface area contributed by atoms with Gasteiger partial charge in [0.05, 0.1) is 13.2 Å². The van der Waals surface area contributed by atoms with Crippen LogP contribution in [0, 0.1) is 0 Å². The van der Waals surface area contributed by atoms with Gasteiger partial charge in [0.25, 0.3) is 0 Å². The van der Waals surface area contributed by atoms with Crippen LogP contribution in [0.15, 0.2) is 0 Å². The Bertz CT molecular complexity index is 832. The van der Waals surface area contributed by atoms with Gasteiger partial charge in [-0.1, -0.05) is 0 Å². The molecule has 4 unspecified atom stereocenters. The van der Waals surface area contributed by atoms with Crippen molar-refractivity contribution in [2.24, 2.45) is 0 Å². The molecule has 2 heterocycles. The lowest BCUT2D eigenvalue weighted by Crippen LogP contribution is -2.68. The Hall–Kier alpha value is -2.03. The maximum atomic E-state index is 12.8. The van der Waals surface area contributed by atoms with Gasteiger partial charge in [0.15, 0.2) is 18.7 Å². The predicted octanol–water partition coefficient (Wildman–Crippen LogP) is -3.11. The first-order valence-corrected chi connectivity index (χ1v) is 13.5. The molecule has 2 aliphatic heterocycles. The number of amides is 1. The normalized spacial score (nSPS) is 33.2. The average molecular weight is 614 g/mol. The summed E-state index contributed by atoms with van der Waals surface area (Å²) in [6, 6.07) is -1.25. The Balaban J connectivity index is 1.99. The summed E-state index contributed by atoms with van der Waals surface area (Å²) in [7, 11) is 3.95. The minimum absolute atomic E-state index is 0.0572. The van der Waals surface area contributed by atoms with Crippen molar-refractivity contribution in [3.63, 3.8) is 0 Å². The molecule has 0 aromatic heterocycles. The Kier molecular flexibility index (Phi) is 16.0. The second-order valence-electron chi connectivity index (χ2n) is 9.62. The number of rotatable bonds is 18. The quantitative estimate of drug-likeness (QED) is 0.0662. The van der Waals surface area contributed by atoms with E-state index in [1.54, 1.807) is 7.11 Å². The SMILES string of the molecule is COCCCOCCOC(=O)CCCC(=O)NC1[C@H](OC)OC(CO)[C@@H](O)[C@@H]1O[C@@H]1OC(C(=O)O)[C@@H](OC)[C@@H](O)C1O.